The summed E-state index contributed by atoms with van der Waals surface area (Å²) < 4.78 is 0. The predicted molar refractivity (Wildman–Crippen MR) is 92.8 cm³/mol. The van der Waals surface area contributed by atoms with Crippen LogP contribution < -0.4 is 16.2 Å². The molecule has 3 rings (SSSR count). The van der Waals surface area contributed by atoms with E-state index in [1.165, 1.54) is 6.33 Å². The smallest absolute Gasteiger partial charge is 0.257 e. The molecule has 0 unspecified atom stereocenters. The third-order valence-corrected chi connectivity index (χ3v) is 3.30. The van der Waals surface area contributed by atoms with Gasteiger partial charge in [-0.25, -0.2) is 9.97 Å². The number of nitrogens with one attached hydrogen (secondary N) is 3. The Kier molecular flexibility index (Phi) is 4.39. The van der Waals surface area contributed by atoms with Crippen molar-refractivity contribution in [2.75, 3.05) is 5.43 Å². The van der Waals surface area contributed by atoms with Crippen LogP contribution >= 0.6 is 12.2 Å². The highest BCUT2D eigenvalue weighted by atomic mass is 32.1. The monoisotopic (exact) mass is 323 g/mol. The number of carbonyl (C=O) groups is 1. The summed E-state index contributed by atoms with van der Waals surface area (Å²) in [5, 5.41) is 3.59. The van der Waals surface area contributed by atoms with Crippen LogP contribution in [-0.2, 0) is 0 Å². The summed E-state index contributed by atoms with van der Waals surface area (Å²) in [6.07, 6.45) is 1.46. The fourth-order valence-corrected chi connectivity index (χ4v) is 2.16. The van der Waals surface area contributed by atoms with Gasteiger partial charge in [0.2, 0.25) is 0 Å². The van der Waals surface area contributed by atoms with Gasteiger partial charge in [-0.3, -0.25) is 21.0 Å². The van der Waals surface area contributed by atoms with Gasteiger partial charge >= 0.3 is 0 Å². The summed E-state index contributed by atoms with van der Waals surface area (Å²) in [6, 6.07) is 16.4. The Bertz CT molecular complexity index is 848. The van der Waals surface area contributed by atoms with E-state index in [4.69, 9.17) is 12.2 Å². The average molecular weight is 323 g/mol. The average Bonchev–Trinajstić information content (AvgIpc) is 2.60. The van der Waals surface area contributed by atoms with Crippen LogP contribution in [0.15, 0.2) is 60.9 Å². The highest BCUT2D eigenvalue weighted by Crippen LogP contribution is 2.17. The Morgan fingerprint density at radius 1 is 0.957 bits per heavy atom. The summed E-state index contributed by atoms with van der Waals surface area (Å²) in [5.74, 6) is 0.296. The maximum atomic E-state index is 12.0. The van der Waals surface area contributed by atoms with Crippen molar-refractivity contribution < 1.29 is 4.79 Å². The van der Waals surface area contributed by atoms with Gasteiger partial charge in [-0.05, 0) is 36.5 Å². The minimum Gasteiger partial charge on any atom is -0.298 e. The fraction of sp³-hybridized carbons (Fsp3) is 0. The number of thiocarbonyl (C=S) groups is 1. The Hall–Kier alpha value is -3.06. The maximum absolute atomic E-state index is 12.0. The van der Waals surface area contributed by atoms with Crippen LogP contribution in [0, 0.1) is 0 Å². The molecule has 2 aromatic carbocycles. The van der Waals surface area contributed by atoms with Gasteiger partial charge in [0, 0.05) is 10.9 Å². The van der Waals surface area contributed by atoms with Gasteiger partial charge in [-0.2, -0.15) is 0 Å². The van der Waals surface area contributed by atoms with Crippen LogP contribution in [0.5, 0.6) is 0 Å². The number of rotatable bonds is 3. The van der Waals surface area contributed by atoms with Crippen LogP contribution in [0.4, 0.5) is 5.82 Å². The molecule has 114 valence electrons. The third-order valence-electron chi connectivity index (χ3n) is 3.10. The first kappa shape index (κ1) is 14.9. The number of anilines is 1. The van der Waals surface area contributed by atoms with Gasteiger partial charge in [0.25, 0.3) is 5.91 Å². The topological polar surface area (TPSA) is 78.9 Å². The van der Waals surface area contributed by atoms with Crippen LogP contribution in [-0.4, -0.2) is 21.0 Å². The first-order valence-electron chi connectivity index (χ1n) is 6.86. The minimum absolute atomic E-state index is 0.154. The first-order chi connectivity index (χ1) is 11.2. The van der Waals surface area contributed by atoms with E-state index >= 15 is 0 Å². The predicted octanol–water partition coefficient (Wildman–Crippen LogP) is 2.26. The SMILES string of the molecule is O=C(NC(=S)NNc1ncnc2ccccc12)c1ccccc1. The summed E-state index contributed by atoms with van der Waals surface area (Å²) in [5.41, 5.74) is 6.98. The number of hydrogen-bond acceptors (Lipinski definition) is 5. The number of benzene rings is 2. The molecular weight excluding hydrogens is 310 g/mol. The zero-order valence-corrected chi connectivity index (χ0v) is 12.8. The quantitative estimate of drug-likeness (QED) is 0.507. The number of amides is 1. The lowest BCUT2D eigenvalue weighted by atomic mass is 10.2. The van der Waals surface area contributed by atoms with Crippen molar-refractivity contribution in [3.63, 3.8) is 0 Å². The molecular formula is C16H13N5OS. The van der Waals surface area contributed by atoms with Crippen molar-refractivity contribution in [2.24, 2.45) is 0 Å². The van der Waals surface area contributed by atoms with Crippen molar-refractivity contribution in [1.82, 2.24) is 20.7 Å². The fourth-order valence-electron chi connectivity index (χ4n) is 2.02. The Labute approximate surface area is 137 Å². The van der Waals surface area contributed by atoms with Crippen LogP contribution in [0.2, 0.25) is 0 Å². The standard InChI is InChI=1S/C16H13N5OS/c22-15(11-6-2-1-3-7-11)19-16(23)21-20-14-12-8-4-5-9-13(12)17-10-18-14/h1-10H,(H,17,18,20)(H2,19,21,22,23). The molecule has 0 saturated carbocycles. The molecule has 0 spiro atoms. The second-order valence-corrected chi connectivity index (χ2v) is 5.05. The molecule has 1 heterocycles. The Morgan fingerprint density at radius 2 is 1.70 bits per heavy atom. The summed E-state index contributed by atoms with van der Waals surface area (Å²) in [6.45, 7) is 0. The van der Waals surface area contributed by atoms with Gasteiger partial charge in [0.05, 0.1) is 5.52 Å². The normalized spacial score (nSPS) is 10.1. The van der Waals surface area contributed by atoms with Crippen molar-refractivity contribution in [1.29, 1.82) is 0 Å². The van der Waals surface area contributed by atoms with Gasteiger partial charge in [-0.15, -0.1) is 0 Å². The molecule has 0 radical (unpaired) electrons. The molecule has 7 heteroatoms. The van der Waals surface area contributed by atoms with E-state index in [1.54, 1.807) is 24.3 Å². The van der Waals surface area contributed by atoms with Crippen LogP contribution in [0.25, 0.3) is 10.9 Å². The zero-order chi connectivity index (χ0) is 16.1. The molecule has 23 heavy (non-hydrogen) atoms. The number of hydrogen-bond donors (Lipinski definition) is 3. The largest absolute Gasteiger partial charge is 0.298 e. The molecule has 0 saturated heterocycles. The van der Waals surface area contributed by atoms with E-state index in [0.717, 1.165) is 10.9 Å². The lowest BCUT2D eigenvalue weighted by Crippen LogP contribution is -2.42. The summed E-state index contributed by atoms with van der Waals surface area (Å²) in [7, 11) is 0. The lowest BCUT2D eigenvalue weighted by molar-refractivity contribution is 0.0977. The Balaban J connectivity index is 1.64. The molecule has 0 aliphatic carbocycles. The number of carbonyl (C=O) groups excluding carboxylic acids is 1. The minimum atomic E-state index is -0.280. The van der Waals surface area contributed by atoms with E-state index in [0.29, 0.717) is 11.4 Å². The van der Waals surface area contributed by atoms with Crippen molar-refractivity contribution in [3.8, 4) is 0 Å². The lowest BCUT2D eigenvalue weighted by Gasteiger charge is -2.12. The number of aromatic nitrogens is 2. The van der Waals surface area contributed by atoms with Gasteiger partial charge in [-0.1, -0.05) is 30.3 Å². The molecule has 0 fully saturated rings. The molecule has 1 amide bonds. The molecule has 0 bridgehead atoms. The zero-order valence-electron chi connectivity index (χ0n) is 12.0. The molecule has 6 nitrogen and oxygen atoms in total. The van der Waals surface area contributed by atoms with Crippen LogP contribution in [0.1, 0.15) is 10.4 Å². The number of nitrogens with zero attached hydrogens (tertiary/aromatic N) is 2. The highest BCUT2D eigenvalue weighted by Gasteiger charge is 2.07. The summed E-state index contributed by atoms with van der Waals surface area (Å²) in [4.78, 5) is 20.3. The van der Waals surface area contributed by atoms with Crippen LogP contribution in [0.3, 0.4) is 0 Å². The highest BCUT2D eigenvalue weighted by molar-refractivity contribution is 7.80. The van der Waals surface area contributed by atoms with E-state index < -0.39 is 0 Å². The van der Waals surface area contributed by atoms with Gasteiger partial charge in [0.15, 0.2) is 10.9 Å². The third kappa shape index (κ3) is 3.58. The Morgan fingerprint density at radius 3 is 2.52 bits per heavy atom. The first-order valence-corrected chi connectivity index (χ1v) is 7.27. The molecule has 3 N–H and O–H groups in total. The molecule has 3 aromatic rings. The van der Waals surface area contributed by atoms with Crippen molar-refractivity contribution in [3.05, 3.63) is 66.5 Å². The van der Waals surface area contributed by atoms with Gasteiger partial charge < -0.3 is 0 Å². The van der Waals surface area contributed by atoms with E-state index in [9.17, 15) is 4.79 Å². The van der Waals surface area contributed by atoms with Crippen molar-refractivity contribution in [2.45, 2.75) is 0 Å². The number of hydrazine groups is 1. The van der Waals surface area contributed by atoms with E-state index in [2.05, 4.69) is 26.1 Å². The molecule has 1 aromatic heterocycles. The molecule has 0 aliphatic rings. The number of fused-ring (bicyclic) bond motifs is 1. The van der Waals surface area contributed by atoms with E-state index in [-0.39, 0.29) is 11.0 Å². The molecule has 0 atom stereocenters. The second kappa shape index (κ2) is 6.80. The summed E-state index contributed by atoms with van der Waals surface area (Å²) >= 11 is 5.10. The van der Waals surface area contributed by atoms with Gasteiger partial charge in [0.1, 0.15) is 6.33 Å². The maximum Gasteiger partial charge on any atom is 0.257 e. The second-order valence-electron chi connectivity index (χ2n) is 4.64. The molecule has 0 aliphatic heterocycles. The van der Waals surface area contributed by atoms with E-state index in [1.807, 2.05) is 30.3 Å². The number of para-hydroxylation sites is 1. The van der Waals surface area contributed by atoms with Crippen molar-refractivity contribution >= 4 is 40.0 Å².